The summed E-state index contributed by atoms with van der Waals surface area (Å²) in [6.07, 6.45) is 2.43. The van der Waals surface area contributed by atoms with E-state index in [1.165, 1.54) is 4.90 Å². The van der Waals surface area contributed by atoms with Gasteiger partial charge in [0.05, 0.1) is 22.1 Å². The van der Waals surface area contributed by atoms with Gasteiger partial charge in [0.1, 0.15) is 0 Å². The number of nitrogens with zero attached hydrogens (tertiary/aromatic N) is 1. The molecule has 1 aliphatic heterocycles. The van der Waals surface area contributed by atoms with Gasteiger partial charge >= 0.3 is 0 Å². The third-order valence-electron chi connectivity index (χ3n) is 6.31. The number of unbranched alkanes of at least 4 members (excludes halogenated alkanes) is 1. The molecule has 8 nitrogen and oxygen atoms in total. The van der Waals surface area contributed by atoms with Crippen LogP contribution in [0.4, 0.5) is 11.4 Å². The zero-order chi connectivity index (χ0) is 25.8. The van der Waals surface area contributed by atoms with Crippen molar-refractivity contribution in [1.82, 2.24) is 4.72 Å². The highest BCUT2D eigenvalue weighted by Gasteiger charge is 2.36. The first-order valence-corrected chi connectivity index (χ1v) is 13.6. The highest BCUT2D eigenvalue weighted by Crippen LogP contribution is 2.38. The number of imide groups is 1. The molecule has 2 aromatic rings. The van der Waals surface area contributed by atoms with Gasteiger partial charge in [-0.2, -0.15) is 0 Å². The Balaban J connectivity index is 1.58. The molecule has 0 fully saturated rings. The van der Waals surface area contributed by atoms with Crippen LogP contribution in [0.25, 0.3) is 0 Å². The van der Waals surface area contributed by atoms with Gasteiger partial charge in [-0.1, -0.05) is 26.0 Å². The number of nitrogens with one attached hydrogen (secondary N) is 2. The summed E-state index contributed by atoms with van der Waals surface area (Å²) in [5, 5.41) is 2.50. The van der Waals surface area contributed by atoms with Crippen LogP contribution in [-0.4, -0.2) is 38.6 Å². The summed E-state index contributed by atoms with van der Waals surface area (Å²) in [6, 6.07) is 12.2. The molecule has 1 unspecified atom stereocenters. The lowest BCUT2D eigenvalue weighted by Gasteiger charge is -2.36. The average molecular weight is 502 g/mol. The van der Waals surface area contributed by atoms with Gasteiger partial charge in [0.15, 0.2) is 0 Å². The number of carbonyl (C=O) groups is 3. The second-order valence-electron chi connectivity index (χ2n) is 9.15. The first-order chi connectivity index (χ1) is 16.5. The van der Waals surface area contributed by atoms with E-state index in [1.54, 1.807) is 44.2 Å². The van der Waals surface area contributed by atoms with Crippen molar-refractivity contribution in [2.75, 3.05) is 16.8 Å². The van der Waals surface area contributed by atoms with Crippen molar-refractivity contribution >= 4 is 39.9 Å². The van der Waals surface area contributed by atoms with E-state index in [-0.39, 0.29) is 29.0 Å². The minimum Gasteiger partial charge on any atom is -0.326 e. The quantitative estimate of drug-likeness (QED) is 0.229. The van der Waals surface area contributed by atoms with Crippen LogP contribution in [0.1, 0.15) is 85.6 Å². The Morgan fingerprint density at radius 3 is 2.26 bits per heavy atom. The van der Waals surface area contributed by atoms with Gasteiger partial charge in [-0.05, 0) is 74.9 Å². The Morgan fingerprint density at radius 1 is 0.971 bits per heavy atom. The SMILES string of the molecule is CCC(C)c1ccc(N2C(=O)c3ccc(NC(=O)CCCCNS(O)(O)C(C)C)cc3C2=O)cc1. The molecule has 0 radical (unpaired) electrons. The lowest BCUT2D eigenvalue weighted by molar-refractivity contribution is -0.116. The summed E-state index contributed by atoms with van der Waals surface area (Å²) < 4.78 is 22.4. The Kier molecular flexibility index (Phi) is 8.71. The monoisotopic (exact) mass is 501 g/mol. The van der Waals surface area contributed by atoms with Crippen molar-refractivity contribution in [3.63, 3.8) is 0 Å². The summed E-state index contributed by atoms with van der Waals surface area (Å²) in [6.45, 7) is 8.10. The zero-order valence-corrected chi connectivity index (χ0v) is 21.5. The Morgan fingerprint density at radius 2 is 1.63 bits per heavy atom. The van der Waals surface area contributed by atoms with Crippen molar-refractivity contribution in [1.29, 1.82) is 0 Å². The minimum absolute atomic E-state index is 0.213. The number of anilines is 2. The molecule has 3 rings (SSSR count). The predicted molar refractivity (Wildman–Crippen MR) is 141 cm³/mol. The van der Waals surface area contributed by atoms with Crippen LogP contribution in [0.2, 0.25) is 0 Å². The van der Waals surface area contributed by atoms with Crippen LogP contribution >= 0.6 is 10.8 Å². The van der Waals surface area contributed by atoms with Crippen LogP contribution in [0, 0.1) is 0 Å². The highest BCUT2D eigenvalue weighted by atomic mass is 32.3. The highest BCUT2D eigenvalue weighted by molar-refractivity contribution is 8.23. The van der Waals surface area contributed by atoms with E-state index in [0.29, 0.717) is 42.2 Å². The van der Waals surface area contributed by atoms with Gasteiger partial charge in [-0.3, -0.25) is 23.5 Å². The lowest BCUT2D eigenvalue weighted by Crippen LogP contribution is -2.29. The van der Waals surface area contributed by atoms with E-state index in [1.807, 2.05) is 12.1 Å². The molecule has 0 saturated heterocycles. The van der Waals surface area contributed by atoms with E-state index in [4.69, 9.17) is 0 Å². The molecular formula is C26H35N3O5S. The molecule has 1 heterocycles. The number of hydrogen-bond donors (Lipinski definition) is 4. The van der Waals surface area contributed by atoms with E-state index >= 15 is 0 Å². The molecule has 35 heavy (non-hydrogen) atoms. The number of fused-ring (bicyclic) bond motifs is 1. The maximum atomic E-state index is 13.0. The van der Waals surface area contributed by atoms with Gasteiger partial charge in [-0.15, -0.1) is 10.8 Å². The molecule has 0 aromatic heterocycles. The second-order valence-corrected chi connectivity index (χ2v) is 11.6. The van der Waals surface area contributed by atoms with Crippen LogP contribution in [-0.2, 0) is 4.79 Å². The Bertz CT molecular complexity index is 1080. The van der Waals surface area contributed by atoms with E-state index in [9.17, 15) is 23.5 Å². The minimum atomic E-state index is -2.81. The van der Waals surface area contributed by atoms with Gasteiger partial charge in [0, 0.05) is 18.7 Å². The summed E-state index contributed by atoms with van der Waals surface area (Å²) in [5.41, 5.74) is 2.71. The average Bonchev–Trinajstić information content (AvgIpc) is 3.07. The molecule has 3 amide bonds. The number of benzene rings is 2. The number of hydrogen-bond acceptors (Lipinski definition) is 6. The summed E-state index contributed by atoms with van der Waals surface area (Å²) in [7, 11) is -2.81. The fourth-order valence-electron chi connectivity index (χ4n) is 3.76. The molecule has 2 aromatic carbocycles. The van der Waals surface area contributed by atoms with E-state index in [0.717, 1.165) is 12.0 Å². The summed E-state index contributed by atoms with van der Waals surface area (Å²) in [5.74, 6) is -0.603. The summed E-state index contributed by atoms with van der Waals surface area (Å²) >= 11 is 0. The standard InChI is InChI=1S/C26H35N3O5S/c1-5-18(4)19-9-12-21(13-10-19)29-25(31)22-14-11-20(16-23(22)26(29)32)28-24(30)8-6-7-15-27-35(33,34)17(2)3/h9-14,16-18,27,33-34H,5-8,15H2,1-4H3,(H,28,30). The van der Waals surface area contributed by atoms with Gasteiger partial charge < -0.3 is 5.32 Å². The zero-order valence-electron chi connectivity index (χ0n) is 20.7. The van der Waals surface area contributed by atoms with Crippen molar-refractivity contribution in [2.24, 2.45) is 0 Å². The summed E-state index contributed by atoms with van der Waals surface area (Å²) in [4.78, 5) is 39.5. The van der Waals surface area contributed by atoms with Crippen molar-refractivity contribution in [2.45, 2.75) is 64.5 Å². The lowest BCUT2D eigenvalue weighted by atomic mass is 9.98. The third-order valence-corrected chi connectivity index (χ3v) is 8.25. The van der Waals surface area contributed by atoms with Crippen LogP contribution in [0.3, 0.4) is 0 Å². The molecule has 4 N–H and O–H groups in total. The van der Waals surface area contributed by atoms with Crippen molar-refractivity contribution < 1.29 is 23.5 Å². The smallest absolute Gasteiger partial charge is 0.266 e. The van der Waals surface area contributed by atoms with Crippen LogP contribution in [0.5, 0.6) is 0 Å². The van der Waals surface area contributed by atoms with Gasteiger partial charge in [0.2, 0.25) is 5.91 Å². The number of carbonyl (C=O) groups excluding carboxylic acids is 3. The molecular weight excluding hydrogens is 466 g/mol. The molecule has 0 saturated carbocycles. The molecule has 0 aliphatic carbocycles. The van der Waals surface area contributed by atoms with Gasteiger partial charge in [0.25, 0.3) is 11.8 Å². The molecule has 0 spiro atoms. The van der Waals surface area contributed by atoms with E-state index in [2.05, 4.69) is 23.9 Å². The molecule has 1 atom stereocenters. The van der Waals surface area contributed by atoms with E-state index < -0.39 is 16.7 Å². The van der Waals surface area contributed by atoms with Crippen LogP contribution < -0.4 is 14.9 Å². The predicted octanol–water partition coefficient (Wildman–Crippen LogP) is 5.77. The number of amides is 3. The first-order valence-electron chi connectivity index (χ1n) is 12.0. The topological polar surface area (TPSA) is 119 Å². The Labute approximate surface area is 208 Å². The normalized spacial score (nSPS) is 14.9. The second kappa shape index (κ2) is 11.3. The fourth-order valence-corrected chi connectivity index (χ4v) is 4.54. The van der Waals surface area contributed by atoms with Crippen molar-refractivity contribution in [3.8, 4) is 0 Å². The van der Waals surface area contributed by atoms with Crippen LogP contribution in [0.15, 0.2) is 42.5 Å². The first kappa shape index (κ1) is 26.9. The fraction of sp³-hybridized carbons (Fsp3) is 0.423. The largest absolute Gasteiger partial charge is 0.326 e. The molecule has 1 aliphatic rings. The van der Waals surface area contributed by atoms with Gasteiger partial charge in [-0.25, -0.2) is 9.62 Å². The van der Waals surface area contributed by atoms with Crippen molar-refractivity contribution in [3.05, 3.63) is 59.2 Å². The molecule has 9 heteroatoms. The maximum Gasteiger partial charge on any atom is 0.266 e. The Hall–Kier alpha value is -2.72. The maximum absolute atomic E-state index is 13.0. The third kappa shape index (κ3) is 6.29. The number of rotatable bonds is 11. The molecule has 190 valence electrons. The molecule has 0 bridgehead atoms.